The third kappa shape index (κ3) is 3.19. The van der Waals surface area contributed by atoms with Gasteiger partial charge < -0.3 is 15.5 Å². The molecule has 4 heteroatoms. The number of carbonyl (C=O) groups is 1. The second-order valence-corrected chi connectivity index (χ2v) is 5.41. The van der Waals surface area contributed by atoms with Crippen LogP contribution in [0, 0.1) is 5.92 Å². The lowest BCUT2D eigenvalue weighted by Gasteiger charge is -2.37. The Hall–Kier alpha value is -0.610. The van der Waals surface area contributed by atoms with E-state index in [0.29, 0.717) is 5.92 Å². The Morgan fingerprint density at radius 1 is 1.24 bits per heavy atom. The van der Waals surface area contributed by atoms with E-state index in [1.165, 1.54) is 25.9 Å². The zero-order valence-corrected chi connectivity index (χ0v) is 10.9. The van der Waals surface area contributed by atoms with Crippen molar-refractivity contribution in [3.63, 3.8) is 0 Å². The topological polar surface area (TPSA) is 49.6 Å². The number of hydrogen-bond acceptors (Lipinski definition) is 3. The van der Waals surface area contributed by atoms with Crippen LogP contribution in [0.2, 0.25) is 0 Å². The molecule has 98 valence electrons. The minimum atomic E-state index is -0.237. The van der Waals surface area contributed by atoms with Crippen molar-refractivity contribution in [2.45, 2.75) is 38.6 Å². The van der Waals surface area contributed by atoms with Gasteiger partial charge in [-0.3, -0.25) is 4.79 Å². The highest BCUT2D eigenvalue weighted by Crippen LogP contribution is 2.20. The maximum absolute atomic E-state index is 11.9. The number of nitrogens with two attached hydrogens (primary N) is 1. The number of likely N-dealkylation sites (tertiary alicyclic amines) is 2. The number of carbonyl (C=O) groups excluding carboxylic acids is 1. The molecule has 0 aromatic rings. The van der Waals surface area contributed by atoms with E-state index < -0.39 is 0 Å². The summed E-state index contributed by atoms with van der Waals surface area (Å²) in [5.41, 5.74) is 5.82. The van der Waals surface area contributed by atoms with Crippen LogP contribution in [0.15, 0.2) is 0 Å². The molecule has 1 amide bonds. The molecule has 0 aromatic carbocycles. The number of rotatable bonds is 3. The van der Waals surface area contributed by atoms with Gasteiger partial charge in [-0.1, -0.05) is 6.92 Å². The van der Waals surface area contributed by atoms with Crippen LogP contribution in [0.5, 0.6) is 0 Å². The third-order valence-electron chi connectivity index (χ3n) is 4.20. The molecule has 2 rings (SSSR count). The summed E-state index contributed by atoms with van der Waals surface area (Å²) in [6.07, 6.45) is 4.39. The van der Waals surface area contributed by atoms with Crippen molar-refractivity contribution in [1.29, 1.82) is 0 Å². The van der Waals surface area contributed by atoms with Gasteiger partial charge in [0.2, 0.25) is 5.91 Å². The van der Waals surface area contributed by atoms with Crippen LogP contribution in [-0.4, -0.2) is 54.5 Å². The Labute approximate surface area is 104 Å². The molecule has 0 radical (unpaired) electrons. The molecule has 0 saturated carbocycles. The average molecular weight is 239 g/mol. The number of nitrogens with zero attached hydrogens (tertiary/aromatic N) is 2. The van der Waals surface area contributed by atoms with E-state index in [1.54, 1.807) is 0 Å². The van der Waals surface area contributed by atoms with Gasteiger partial charge in [0, 0.05) is 13.1 Å². The van der Waals surface area contributed by atoms with Gasteiger partial charge in [0.05, 0.1) is 6.04 Å². The van der Waals surface area contributed by atoms with E-state index >= 15 is 0 Å². The largest absolute Gasteiger partial charge is 0.341 e. The van der Waals surface area contributed by atoms with E-state index in [1.807, 2.05) is 4.90 Å². The van der Waals surface area contributed by atoms with Crippen molar-refractivity contribution in [1.82, 2.24) is 9.80 Å². The maximum atomic E-state index is 11.9. The quantitative estimate of drug-likeness (QED) is 0.787. The second kappa shape index (κ2) is 5.83. The van der Waals surface area contributed by atoms with E-state index in [0.717, 1.165) is 32.5 Å². The van der Waals surface area contributed by atoms with Gasteiger partial charge in [-0.2, -0.15) is 0 Å². The van der Waals surface area contributed by atoms with Crippen LogP contribution < -0.4 is 5.73 Å². The van der Waals surface area contributed by atoms with Crippen molar-refractivity contribution in [3.8, 4) is 0 Å². The fourth-order valence-electron chi connectivity index (χ4n) is 2.95. The zero-order chi connectivity index (χ0) is 12.3. The highest BCUT2D eigenvalue weighted by Gasteiger charge is 2.28. The molecular weight excluding hydrogens is 214 g/mol. The highest BCUT2D eigenvalue weighted by atomic mass is 16.2. The fraction of sp³-hybridized carbons (Fsp3) is 0.923. The lowest BCUT2D eigenvalue weighted by atomic mass is 9.94. The van der Waals surface area contributed by atoms with Crippen LogP contribution in [0.25, 0.3) is 0 Å². The Kier molecular flexibility index (Phi) is 4.40. The van der Waals surface area contributed by atoms with Crippen molar-refractivity contribution in [2.75, 3.05) is 32.7 Å². The molecule has 0 spiro atoms. The van der Waals surface area contributed by atoms with Gasteiger partial charge >= 0.3 is 0 Å². The van der Waals surface area contributed by atoms with Crippen LogP contribution in [0.3, 0.4) is 0 Å². The van der Waals surface area contributed by atoms with Gasteiger partial charge in [0.1, 0.15) is 0 Å². The van der Waals surface area contributed by atoms with Gasteiger partial charge in [-0.25, -0.2) is 0 Å². The Balaban J connectivity index is 1.79. The summed E-state index contributed by atoms with van der Waals surface area (Å²) in [4.78, 5) is 16.4. The summed E-state index contributed by atoms with van der Waals surface area (Å²) in [5, 5.41) is 0. The lowest BCUT2D eigenvalue weighted by Crippen LogP contribution is -2.50. The Morgan fingerprint density at radius 2 is 1.94 bits per heavy atom. The molecule has 4 nitrogen and oxygen atoms in total. The maximum Gasteiger partial charge on any atom is 0.239 e. The predicted octanol–water partition coefficient (Wildman–Crippen LogP) is 0.668. The van der Waals surface area contributed by atoms with Gasteiger partial charge in [0.25, 0.3) is 0 Å². The summed E-state index contributed by atoms with van der Waals surface area (Å²) in [6, 6.07) is -0.237. The molecule has 2 N–H and O–H groups in total. The van der Waals surface area contributed by atoms with E-state index in [2.05, 4.69) is 11.8 Å². The molecule has 17 heavy (non-hydrogen) atoms. The Morgan fingerprint density at radius 3 is 2.59 bits per heavy atom. The molecule has 2 aliphatic heterocycles. The number of piperidine rings is 2. The summed E-state index contributed by atoms with van der Waals surface area (Å²) < 4.78 is 0. The first-order chi connectivity index (χ1) is 8.20. The van der Waals surface area contributed by atoms with Crippen molar-refractivity contribution < 1.29 is 4.79 Å². The smallest absolute Gasteiger partial charge is 0.239 e. The molecule has 0 aliphatic carbocycles. The first kappa shape index (κ1) is 12.8. The van der Waals surface area contributed by atoms with Crippen molar-refractivity contribution in [2.24, 2.45) is 11.7 Å². The molecule has 2 aliphatic rings. The standard InChI is InChI=1S/C13H25N3O/c1-2-15-8-5-11(6-9-15)10-16-7-3-4-12(14)13(16)17/h11-12H,2-10,14H2,1H3. The van der Waals surface area contributed by atoms with E-state index in [-0.39, 0.29) is 11.9 Å². The van der Waals surface area contributed by atoms with Crippen molar-refractivity contribution in [3.05, 3.63) is 0 Å². The molecule has 0 aromatic heterocycles. The monoisotopic (exact) mass is 239 g/mol. The lowest BCUT2D eigenvalue weighted by molar-refractivity contribution is -0.135. The number of hydrogen-bond donors (Lipinski definition) is 1. The SMILES string of the molecule is CCN1CCC(CN2CCCC(N)C2=O)CC1. The minimum absolute atomic E-state index is 0.175. The molecule has 1 unspecified atom stereocenters. The highest BCUT2D eigenvalue weighted by molar-refractivity contribution is 5.82. The van der Waals surface area contributed by atoms with Crippen LogP contribution >= 0.6 is 0 Å². The molecule has 2 saturated heterocycles. The van der Waals surface area contributed by atoms with Gasteiger partial charge in [-0.05, 0) is 51.2 Å². The normalized spacial score (nSPS) is 28.7. The summed E-state index contributed by atoms with van der Waals surface area (Å²) >= 11 is 0. The summed E-state index contributed by atoms with van der Waals surface area (Å²) in [5.74, 6) is 0.862. The molecule has 1 atom stereocenters. The fourth-order valence-corrected chi connectivity index (χ4v) is 2.95. The van der Waals surface area contributed by atoms with Crippen LogP contribution in [0.4, 0.5) is 0 Å². The van der Waals surface area contributed by atoms with Gasteiger partial charge in [-0.15, -0.1) is 0 Å². The van der Waals surface area contributed by atoms with Crippen LogP contribution in [-0.2, 0) is 4.79 Å². The van der Waals surface area contributed by atoms with Crippen LogP contribution in [0.1, 0.15) is 32.6 Å². The number of amides is 1. The van der Waals surface area contributed by atoms with Gasteiger partial charge in [0.15, 0.2) is 0 Å². The zero-order valence-electron chi connectivity index (χ0n) is 10.9. The molecule has 0 bridgehead atoms. The Bertz CT molecular complexity index is 261. The van der Waals surface area contributed by atoms with E-state index in [4.69, 9.17) is 5.73 Å². The van der Waals surface area contributed by atoms with Crippen molar-refractivity contribution >= 4 is 5.91 Å². The molecule has 2 fully saturated rings. The first-order valence-corrected chi connectivity index (χ1v) is 6.97. The van der Waals surface area contributed by atoms with E-state index in [9.17, 15) is 4.79 Å². The minimum Gasteiger partial charge on any atom is -0.341 e. The predicted molar refractivity (Wildman–Crippen MR) is 68.6 cm³/mol. The summed E-state index contributed by atoms with van der Waals surface area (Å²) in [7, 11) is 0. The molecular formula is C13H25N3O. The third-order valence-corrected chi connectivity index (χ3v) is 4.20. The molecule has 2 heterocycles. The second-order valence-electron chi connectivity index (χ2n) is 5.41. The summed E-state index contributed by atoms with van der Waals surface area (Å²) in [6.45, 7) is 7.60. The average Bonchev–Trinajstić information content (AvgIpc) is 2.36. The first-order valence-electron chi connectivity index (χ1n) is 6.97.